The van der Waals surface area contributed by atoms with Crippen LogP contribution in [0.4, 0.5) is 5.13 Å². The van der Waals surface area contributed by atoms with Gasteiger partial charge in [-0.2, -0.15) is 9.36 Å². The van der Waals surface area contributed by atoms with Gasteiger partial charge in [-0.05, 0) is 16.7 Å². The highest BCUT2D eigenvalue weighted by Crippen LogP contribution is 2.40. The Morgan fingerprint density at radius 3 is 1.78 bits per heavy atom. The van der Waals surface area contributed by atoms with Gasteiger partial charge in [-0.15, -0.1) is 0 Å². The van der Waals surface area contributed by atoms with Gasteiger partial charge in [0.15, 0.2) is 0 Å². The number of carboxylic acid groups (broad SMARTS) is 1. The van der Waals surface area contributed by atoms with Crippen molar-refractivity contribution in [3.8, 4) is 0 Å². The maximum absolute atomic E-state index is 11.5. The summed E-state index contributed by atoms with van der Waals surface area (Å²) >= 11 is 1.06. The normalized spacial score (nSPS) is 11.7. The number of benzene rings is 3. The van der Waals surface area contributed by atoms with Crippen molar-refractivity contribution >= 4 is 28.3 Å². The van der Waals surface area contributed by atoms with E-state index in [4.69, 9.17) is 0 Å². The summed E-state index contributed by atoms with van der Waals surface area (Å²) < 4.78 is 4.20. The van der Waals surface area contributed by atoms with E-state index < -0.39 is 11.5 Å². The number of carbonyl (C=O) groups is 1. The molecule has 0 saturated carbocycles. The van der Waals surface area contributed by atoms with Crippen LogP contribution >= 0.6 is 11.5 Å². The van der Waals surface area contributed by atoms with Crippen molar-refractivity contribution in [3.05, 3.63) is 114 Å². The van der Waals surface area contributed by atoms with E-state index in [9.17, 15) is 9.90 Å². The molecule has 0 atom stereocenters. The number of aromatic nitrogens is 2. The molecule has 160 valence electrons. The Hall–Kier alpha value is -4.04. The van der Waals surface area contributed by atoms with Crippen molar-refractivity contribution in [2.45, 2.75) is 5.54 Å². The van der Waals surface area contributed by atoms with Crippen LogP contribution in [-0.4, -0.2) is 33.3 Å². The maximum Gasteiger partial charge on any atom is 0.362 e. The molecule has 0 aliphatic heterocycles. The molecular formula is C24H20N4O3S. The van der Waals surface area contributed by atoms with Gasteiger partial charge >= 0.3 is 5.97 Å². The fraction of sp³-hybridized carbons (Fsp3) is 0.0833. The Labute approximate surface area is 189 Å². The van der Waals surface area contributed by atoms with E-state index in [1.54, 1.807) is 0 Å². The summed E-state index contributed by atoms with van der Waals surface area (Å²) in [6, 6.07) is 30.1. The van der Waals surface area contributed by atoms with Crippen molar-refractivity contribution in [1.82, 2.24) is 9.36 Å². The number of nitrogens with zero attached hydrogens (tertiary/aromatic N) is 3. The Balaban J connectivity index is 1.90. The van der Waals surface area contributed by atoms with Crippen LogP contribution in [0.2, 0.25) is 0 Å². The number of oxime groups is 1. The van der Waals surface area contributed by atoms with Crippen molar-refractivity contribution in [3.63, 3.8) is 0 Å². The van der Waals surface area contributed by atoms with Crippen molar-refractivity contribution in [2.24, 2.45) is 5.16 Å². The lowest BCUT2D eigenvalue weighted by molar-refractivity contribution is -0.129. The van der Waals surface area contributed by atoms with Gasteiger partial charge in [0, 0.05) is 11.5 Å². The molecule has 0 spiro atoms. The van der Waals surface area contributed by atoms with Gasteiger partial charge in [-0.25, -0.2) is 4.79 Å². The Bertz CT molecular complexity index is 1120. The third-order valence-electron chi connectivity index (χ3n) is 4.94. The molecule has 32 heavy (non-hydrogen) atoms. The van der Waals surface area contributed by atoms with E-state index in [1.165, 1.54) is 7.11 Å². The standard InChI is InChI=1S/C24H20N4O3S/c1-31-27-20(22(29)30)21-25-23(32-28-21)26-24(17-11-5-2-6-12-17,18-13-7-3-8-14-18)19-15-9-4-10-16-19/h2-16H,1H3,(H,29,30)(H,25,26,28). The number of anilines is 1. The zero-order chi connectivity index (χ0) is 22.4. The molecule has 8 heteroatoms. The van der Waals surface area contributed by atoms with Gasteiger partial charge in [0.1, 0.15) is 12.6 Å². The molecule has 0 unspecified atom stereocenters. The van der Waals surface area contributed by atoms with Gasteiger partial charge < -0.3 is 15.3 Å². The molecule has 0 amide bonds. The monoisotopic (exact) mass is 444 g/mol. The third kappa shape index (κ3) is 4.08. The van der Waals surface area contributed by atoms with Crippen molar-refractivity contribution < 1.29 is 14.7 Å². The van der Waals surface area contributed by atoms with E-state index in [2.05, 4.69) is 24.7 Å². The number of hydrogen-bond donors (Lipinski definition) is 2. The average Bonchev–Trinajstić information content (AvgIpc) is 3.30. The molecule has 0 fully saturated rings. The number of carboxylic acids is 1. The van der Waals surface area contributed by atoms with Crippen LogP contribution in [-0.2, 0) is 15.2 Å². The molecule has 0 aliphatic carbocycles. The first kappa shape index (κ1) is 21.2. The van der Waals surface area contributed by atoms with Crippen LogP contribution in [0.3, 0.4) is 0 Å². The lowest BCUT2D eigenvalue weighted by atomic mass is 9.77. The second-order valence-electron chi connectivity index (χ2n) is 6.82. The first-order chi connectivity index (χ1) is 15.6. The van der Waals surface area contributed by atoms with Crippen LogP contribution in [0.1, 0.15) is 22.5 Å². The van der Waals surface area contributed by atoms with Crippen LogP contribution in [0.5, 0.6) is 0 Å². The van der Waals surface area contributed by atoms with Crippen molar-refractivity contribution in [1.29, 1.82) is 0 Å². The smallest absolute Gasteiger partial charge is 0.362 e. The number of hydrogen-bond acceptors (Lipinski definition) is 7. The minimum atomic E-state index is -1.27. The van der Waals surface area contributed by atoms with Gasteiger partial charge in [-0.1, -0.05) is 96.2 Å². The quantitative estimate of drug-likeness (QED) is 0.238. The summed E-state index contributed by atoms with van der Waals surface area (Å²) in [5.41, 5.74) is 1.85. The molecular weight excluding hydrogens is 424 g/mol. The molecule has 1 aromatic heterocycles. The molecule has 4 rings (SSSR count). The van der Waals surface area contributed by atoms with E-state index in [0.717, 1.165) is 28.2 Å². The highest BCUT2D eigenvalue weighted by atomic mass is 32.1. The fourth-order valence-electron chi connectivity index (χ4n) is 3.58. The van der Waals surface area contributed by atoms with E-state index in [-0.39, 0.29) is 11.5 Å². The molecule has 0 aliphatic rings. The zero-order valence-corrected chi connectivity index (χ0v) is 18.0. The summed E-state index contributed by atoms with van der Waals surface area (Å²) in [5, 5.41) is 17.0. The van der Waals surface area contributed by atoms with Gasteiger partial charge in [0.05, 0.1) is 0 Å². The molecule has 4 aromatic rings. The van der Waals surface area contributed by atoms with Crippen LogP contribution in [0.15, 0.2) is 96.2 Å². The summed E-state index contributed by atoms with van der Waals surface area (Å²) in [7, 11) is 1.28. The van der Waals surface area contributed by atoms with Gasteiger partial charge in [0.25, 0.3) is 0 Å². The first-order valence-electron chi connectivity index (χ1n) is 9.78. The van der Waals surface area contributed by atoms with Crippen LogP contribution < -0.4 is 5.32 Å². The van der Waals surface area contributed by atoms with Crippen LogP contribution in [0, 0.1) is 0 Å². The molecule has 7 nitrogen and oxygen atoms in total. The maximum atomic E-state index is 11.5. The highest BCUT2D eigenvalue weighted by Gasteiger charge is 2.37. The fourth-order valence-corrected chi connectivity index (χ4v) is 4.20. The summed E-state index contributed by atoms with van der Waals surface area (Å²) in [6.07, 6.45) is 0. The number of rotatable bonds is 8. The lowest BCUT2D eigenvalue weighted by Gasteiger charge is -2.36. The lowest BCUT2D eigenvalue weighted by Crippen LogP contribution is -2.38. The topological polar surface area (TPSA) is 96.7 Å². The van der Waals surface area contributed by atoms with Crippen LogP contribution in [0.25, 0.3) is 0 Å². The summed E-state index contributed by atoms with van der Waals surface area (Å²) in [4.78, 5) is 20.6. The number of nitrogens with one attached hydrogen (secondary N) is 1. The SMILES string of the molecule is CON=C(C(=O)O)c1nsc(NC(c2ccccc2)(c2ccccc2)c2ccccc2)n1. The second kappa shape index (κ2) is 9.40. The molecule has 0 saturated heterocycles. The Kier molecular flexibility index (Phi) is 6.23. The Morgan fingerprint density at radius 2 is 1.38 bits per heavy atom. The van der Waals surface area contributed by atoms with E-state index >= 15 is 0 Å². The van der Waals surface area contributed by atoms with E-state index in [1.807, 2.05) is 91.0 Å². The molecule has 2 N–H and O–H groups in total. The van der Waals surface area contributed by atoms with E-state index in [0.29, 0.717) is 5.13 Å². The highest BCUT2D eigenvalue weighted by molar-refractivity contribution is 7.09. The molecule has 0 bridgehead atoms. The second-order valence-corrected chi connectivity index (χ2v) is 7.58. The Morgan fingerprint density at radius 1 is 0.906 bits per heavy atom. The molecule has 1 heterocycles. The predicted molar refractivity (Wildman–Crippen MR) is 124 cm³/mol. The van der Waals surface area contributed by atoms with Crippen molar-refractivity contribution in [2.75, 3.05) is 12.4 Å². The number of aliphatic carboxylic acids is 1. The summed E-state index contributed by atoms with van der Waals surface area (Å²) in [5.74, 6) is -1.29. The molecule has 3 aromatic carbocycles. The third-order valence-corrected chi connectivity index (χ3v) is 5.57. The molecule has 0 radical (unpaired) electrons. The summed E-state index contributed by atoms with van der Waals surface area (Å²) in [6.45, 7) is 0. The largest absolute Gasteiger partial charge is 0.476 e. The predicted octanol–water partition coefficient (Wildman–Crippen LogP) is 4.38. The minimum Gasteiger partial charge on any atom is -0.476 e. The average molecular weight is 445 g/mol. The first-order valence-corrected chi connectivity index (χ1v) is 10.6. The van der Waals surface area contributed by atoms with Gasteiger partial charge in [0.2, 0.25) is 16.7 Å². The zero-order valence-electron chi connectivity index (χ0n) is 17.2. The van der Waals surface area contributed by atoms with Gasteiger partial charge in [-0.3, -0.25) is 0 Å². The minimum absolute atomic E-state index is 0.0186.